The number of hydrogen-bond acceptors (Lipinski definition) is 3. The molecule has 0 bridgehead atoms. The molecule has 1 heterocycles. The zero-order chi connectivity index (χ0) is 14.4. The molecule has 2 rings (SSSR count). The second-order valence-electron chi connectivity index (χ2n) is 4.78. The van der Waals surface area contributed by atoms with Crippen molar-refractivity contribution in [2.24, 2.45) is 0 Å². The van der Waals surface area contributed by atoms with Gasteiger partial charge in [0.15, 0.2) is 0 Å². The molecule has 1 unspecified atom stereocenters. The first kappa shape index (κ1) is 15.5. The third-order valence-electron chi connectivity index (χ3n) is 3.16. The summed E-state index contributed by atoms with van der Waals surface area (Å²) in [6.07, 6.45) is -0.954. The van der Waals surface area contributed by atoms with Gasteiger partial charge in [-0.3, -0.25) is 0 Å². The summed E-state index contributed by atoms with van der Waals surface area (Å²) in [5, 5.41) is 3.80. The molecule has 1 aromatic rings. The second kappa shape index (κ2) is 7.22. The highest BCUT2D eigenvalue weighted by molar-refractivity contribution is 7.99. The first-order valence-electron chi connectivity index (χ1n) is 6.70. The highest BCUT2D eigenvalue weighted by atomic mass is 32.2. The standard InChI is InChI=1S/C14H18F3NOS/c15-14(16,17)19-13-7-2-1-5-11(13)9-18-10-12-6-3-4-8-20-12/h1-2,5,7,12,18H,3-4,6,8-10H2. The van der Waals surface area contributed by atoms with Crippen LogP contribution in [0.5, 0.6) is 5.75 Å². The summed E-state index contributed by atoms with van der Waals surface area (Å²) >= 11 is 1.94. The van der Waals surface area contributed by atoms with E-state index in [1.807, 2.05) is 11.8 Å². The molecule has 2 nitrogen and oxygen atoms in total. The number of nitrogens with one attached hydrogen (secondary N) is 1. The monoisotopic (exact) mass is 305 g/mol. The molecule has 0 aliphatic carbocycles. The number of rotatable bonds is 5. The van der Waals surface area contributed by atoms with Crippen LogP contribution in [0.2, 0.25) is 0 Å². The van der Waals surface area contributed by atoms with Crippen LogP contribution in [0.1, 0.15) is 24.8 Å². The summed E-state index contributed by atoms with van der Waals surface area (Å²) in [4.78, 5) is 0. The minimum absolute atomic E-state index is 0.121. The molecule has 0 saturated carbocycles. The molecular weight excluding hydrogens is 287 g/mol. The number of halogens is 3. The van der Waals surface area contributed by atoms with E-state index in [4.69, 9.17) is 0 Å². The summed E-state index contributed by atoms with van der Waals surface area (Å²) in [6, 6.07) is 6.26. The van der Waals surface area contributed by atoms with Crippen LogP contribution in [-0.4, -0.2) is 23.9 Å². The molecule has 20 heavy (non-hydrogen) atoms. The summed E-state index contributed by atoms with van der Waals surface area (Å²) in [7, 11) is 0. The van der Waals surface area contributed by atoms with Crippen LogP contribution >= 0.6 is 11.8 Å². The number of benzene rings is 1. The topological polar surface area (TPSA) is 21.3 Å². The Morgan fingerprint density at radius 2 is 2.05 bits per heavy atom. The van der Waals surface area contributed by atoms with Crippen LogP contribution in [0.3, 0.4) is 0 Å². The van der Waals surface area contributed by atoms with Crippen molar-refractivity contribution in [2.45, 2.75) is 37.4 Å². The van der Waals surface area contributed by atoms with E-state index in [0.29, 0.717) is 17.4 Å². The zero-order valence-electron chi connectivity index (χ0n) is 11.1. The minimum atomic E-state index is -4.64. The average molecular weight is 305 g/mol. The van der Waals surface area contributed by atoms with Crippen LogP contribution in [0.15, 0.2) is 24.3 Å². The highest BCUT2D eigenvalue weighted by Crippen LogP contribution is 2.27. The van der Waals surface area contributed by atoms with Gasteiger partial charge in [-0.2, -0.15) is 11.8 Å². The van der Waals surface area contributed by atoms with E-state index >= 15 is 0 Å². The molecule has 0 amide bonds. The SMILES string of the molecule is FC(F)(F)Oc1ccccc1CNCC1CCCCS1. The van der Waals surface area contributed by atoms with E-state index < -0.39 is 6.36 Å². The summed E-state index contributed by atoms with van der Waals surface area (Å²) in [5.74, 6) is 1.06. The Balaban J connectivity index is 1.85. The molecule has 0 spiro atoms. The molecule has 6 heteroatoms. The molecule has 1 N–H and O–H groups in total. The van der Waals surface area contributed by atoms with E-state index in [-0.39, 0.29) is 5.75 Å². The van der Waals surface area contributed by atoms with Gasteiger partial charge in [0.25, 0.3) is 0 Å². The molecule has 0 radical (unpaired) electrons. The summed E-state index contributed by atoms with van der Waals surface area (Å²) in [6.45, 7) is 1.22. The lowest BCUT2D eigenvalue weighted by Crippen LogP contribution is -2.27. The van der Waals surface area contributed by atoms with Gasteiger partial charge < -0.3 is 10.1 Å². The van der Waals surface area contributed by atoms with Crippen molar-refractivity contribution in [3.05, 3.63) is 29.8 Å². The third kappa shape index (κ3) is 5.25. The first-order valence-corrected chi connectivity index (χ1v) is 7.75. The smallest absolute Gasteiger partial charge is 0.405 e. The lowest BCUT2D eigenvalue weighted by Gasteiger charge is -2.21. The van der Waals surface area contributed by atoms with Gasteiger partial charge in [-0.25, -0.2) is 0 Å². The molecule has 0 aromatic heterocycles. The van der Waals surface area contributed by atoms with E-state index in [2.05, 4.69) is 10.1 Å². The fourth-order valence-corrected chi connectivity index (χ4v) is 3.48. The molecule has 1 aliphatic heterocycles. The van der Waals surface area contributed by atoms with E-state index in [9.17, 15) is 13.2 Å². The predicted octanol–water partition coefficient (Wildman–Crippen LogP) is 3.96. The lowest BCUT2D eigenvalue weighted by atomic mass is 10.1. The van der Waals surface area contributed by atoms with E-state index in [1.54, 1.807) is 18.2 Å². The van der Waals surface area contributed by atoms with E-state index in [0.717, 1.165) is 6.54 Å². The summed E-state index contributed by atoms with van der Waals surface area (Å²) in [5.41, 5.74) is 0.533. The van der Waals surface area contributed by atoms with E-state index in [1.165, 1.54) is 31.1 Å². The number of para-hydroxylation sites is 1. The molecule has 1 fully saturated rings. The van der Waals surface area contributed by atoms with Gasteiger partial charge in [-0.15, -0.1) is 13.2 Å². The van der Waals surface area contributed by atoms with Gasteiger partial charge in [0, 0.05) is 23.9 Å². The van der Waals surface area contributed by atoms with Crippen LogP contribution in [-0.2, 0) is 6.54 Å². The number of hydrogen-bond donors (Lipinski definition) is 1. The Labute approximate surface area is 121 Å². The molecule has 1 aromatic carbocycles. The first-order chi connectivity index (χ1) is 9.54. The third-order valence-corrected chi connectivity index (χ3v) is 4.56. The molecule has 1 aliphatic rings. The van der Waals surface area contributed by atoms with Crippen molar-refractivity contribution in [2.75, 3.05) is 12.3 Å². The molecule has 1 atom stereocenters. The Kier molecular flexibility index (Phi) is 5.60. The Bertz CT molecular complexity index is 419. The normalized spacial score (nSPS) is 19.9. The summed E-state index contributed by atoms with van der Waals surface area (Å²) < 4.78 is 40.9. The van der Waals surface area contributed by atoms with Gasteiger partial charge in [0.2, 0.25) is 0 Å². The van der Waals surface area contributed by atoms with Crippen molar-refractivity contribution < 1.29 is 17.9 Å². The maximum Gasteiger partial charge on any atom is 0.573 e. The van der Waals surface area contributed by atoms with Crippen LogP contribution in [0, 0.1) is 0 Å². The largest absolute Gasteiger partial charge is 0.573 e. The number of ether oxygens (including phenoxy) is 1. The van der Waals surface area contributed by atoms with Gasteiger partial charge in [0.1, 0.15) is 5.75 Å². The average Bonchev–Trinajstić information content (AvgIpc) is 2.40. The second-order valence-corrected chi connectivity index (χ2v) is 6.18. The van der Waals surface area contributed by atoms with Gasteiger partial charge in [0.05, 0.1) is 0 Å². The van der Waals surface area contributed by atoms with Crippen molar-refractivity contribution in [1.82, 2.24) is 5.32 Å². The zero-order valence-corrected chi connectivity index (χ0v) is 11.9. The predicted molar refractivity (Wildman–Crippen MR) is 74.9 cm³/mol. The fourth-order valence-electron chi connectivity index (χ4n) is 2.21. The van der Waals surface area contributed by atoms with Gasteiger partial charge >= 0.3 is 6.36 Å². The Morgan fingerprint density at radius 1 is 1.25 bits per heavy atom. The quantitative estimate of drug-likeness (QED) is 0.889. The maximum absolute atomic E-state index is 12.3. The van der Waals surface area contributed by atoms with Crippen molar-refractivity contribution >= 4 is 11.8 Å². The van der Waals surface area contributed by atoms with Crippen molar-refractivity contribution in [3.63, 3.8) is 0 Å². The van der Waals surface area contributed by atoms with Gasteiger partial charge in [-0.05, 0) is 24.7 Å². The molecule has 1 saturated heterocycles. The maximum atomic E-state index is 12.3. The van der Waals surface area contributed by atoms with Gasteiger partial charge in [-0.1, -0.05) is 24.6 Å². The van der Waals surface area contributed by atoms with Crippen LogP contribution < -0.4 is 10.1 Å². The minimum Gasteiger partial charge on any atom is -0.405 e. The highest BCUT2D eigenvalue weighted by Gasteiger charge is 2.31. The fraction of sp³-hybridized carbons (Fsp3) is 0.571. The molecule has 112 valence electrons. The van der Waals surface area contributed by atoms with Crippen molar-refractivity contribution in [1.29, 1.82) is 0 Å². The van der Waals surface area contributed by atoms with Crippen molar-refractivity contribution in [3.8, 4) is 5.75 Å². The number of alkyl halides is 3. The Hall–Kier alpha value is -0.880. The molecular formula is C14H18F3NOS. The lowest BCUT2D eigenvalue weighted by molar-refractivity contribution is -0.274. The number of thioether (sulfide) groups is 1. The Morgan fingerprint density at radius 3 is 2.75 bits per heavy atom. The van der Waals surface area contributed by atoms with Crippen LogP contribution in [0.25, 0.3) is 0 Å². The van der Waals surface area contributed by atoms with Crippen LogP contribution in [0.4, 0.5) is 13.2 Å².